The highest BCUT2D eigenvalue weighted by atomic mass is 35.5. The zero-order valence-corrected chi connectivity index (χ0v) is 17.4. The molecule has 0 fully saturated rings. The van der Waals surface area contributed by atoms with Gasteiger partial charge < -0.3 is 18.9 Å². The summed E-state index contributed by atoms with van der Waals surface area (Å²) in [5.41, 5.74) is 0.650. The Morgan fingerprint density at radius 2 is 1.00 bits per heavy atom. The van der Waals surface area contributed by atoms with Gasteiger partial charge in [0.1, 0.15) is 23.0 Å². The molecule has 0 aliphatic heterocycles. The van der Waals surface area contributed by atoms with E-state index in [1.165, 1.54) is 18.2 Å². The summed E-state index contributed by atoms with van der Waals surface area (Å²) in [5, 5.41) is 5.40. The van der Waals surface area contributed by atoms with Crippen LogP contribution in [-0.2, 0) is 0 Å². The van der Waals surface area contributed by atoms with Crippen molar-refractivity contribution < 1.29 is 28.5 Å². The van der Waals surface area contributed by atoms with E-state index >= 15 is 0 Å². The molecule has 0 unspecified atom stereocenters. The highest BCUT2D eigenvalue weighted by Crippen LogP contribution is 2.24. The number of carbonyl (C=O) groups is 2. The van der Waals surface area contributed by atoms with Gasteiger partial charge in [0.2, 0.25) is 0 Å². The van der Waals surface area contributed by atoms with Gasteiger partial charge >= 0.3 is 12.2 Å². The molecule has 160 valence electrons. The molecule has 2 N–H and O–H groups in total. The van der Waals surface area contributed by atoms with E-state index in [1.54, 1.807) is 62.8 Å². The number of methoxy groups -OCH3 is 2. The van der Waals surface area contributed by atoms with Crippen molar-refractivity contribution in [3.8, 4) is 23.0 Å². The Morgan fingerprint density at radius 1 is 0.645 bits per heavy atom. The van der Waals surface area contributed by atoms with Crippen molar-refractivity contribution in [2.24, 2.45) is 0 Å². The third-order valence-corrected chi connectivity index (χ3v) is 4.15. The number of benzene rings is 3. The minimum absolute atomic E-state index is 0.294. The number of hydrogen-bond acceptors (Lipinski definition) is 6. The average Bonchev–Trinajstić information content (AvgIpc) is 2.74. The van der Waals surface area contributed by atoms with Crippen molar-refractivity contribution in [3.63, 3.8) is 0 Å². The van der Waals surface area contributed by atoms with Gasteiger partial charge in [-0.25, -0.2) is 9.59 Å². The van der Waals surface area contributed by atoms with Crippen molar-refractivity contribution in [1.29, 1.82) is 0 Å². The van der Waals surface area contributed by atoms with E-state index in [1.807, 2.05) is 0 Å². The molecular weight excluding hydrogens is 424 g/mol. The molecule has 2 amide bonds. The fourth-order valence-electron chi connectivity index (χ4n) is 2.52. The topological polar surface area (TPSA) is 95.1 Å². The van der Waals surface area contributed by atoms with E-state index in [9.17, 15) is 9.59 Å². The monoisotopic (exact) mass is 442 g/mol. The number of ether oxygens (including phenoxy) is 4. The lowest BCUT2D eigenvalue weighted by Crippen LogP contribution is -2.18. The summed E-state index contributed by atoms with van der Waals surface area (Å²) < 4.78 is 20.5. The smallest absolute Gasteiger partial charge is 0.417 e. The molecule has 31 heavy (non-hydrogen) atoms. The average molecular weight is 443 g/mol. The van der Waals surface area contributed by atoms with E-state index in [4.69, 9.17) is 30.5 Å². The zero-order valence-electron chi connectivity index (χ0n) is 16.7. The van der Waals surface area contributed by atoms with Crippen LogP contribution >= 0.6 is 11.6 Å². The number of rotatable bonds is 6. The summed E-state index contributed by atoms with van der Waals surface area (Å²) in [7, 11) is 3.08. The van der Waals surface area contributed by atoms with Gasteiger partial charge in [0.25, 0.3) is 0 Å². The highest BCUT2D eigenvalue weighted by molar-refractivity contribution is 6.31. The fourth-order valence-corrected chi connectivity index (χ4v) is 2.76. The first-order chi connectivity index (χ1) is 14.9. The van der Waals surface area contributed by atoms with Gasteiger partial charge in [-0.2, -0.15) is 0 Å². The van der Waals surface area contributed by atoms with Crippen LogP contribution in [0.25, 0.3) is 0 Å². The molecule has 0 radical (unpaired) electrons. The van der Waals surface area contributed by atoms with E-state index in [-0.39, 0.29) is 0 Å². The van der Waals surface area contributed by atoms with Gasteiger partial charge in [-0.3, -0.25) is 10.6 Å². The SMILES string of the molecule is COc1ccc(OC(=O)Nc2cc(Cl)cc(NC(=O)Oc3ccc(OC)cc3)c2)cc1. The molecule has 0 saturated carbocycles. The van der Waals surface area contributed by atoms with E-state index < -0.39 is 12.2 Å². The van der Waals surface area contributed by atoms with Crippen LogP contribution in [0.4, 0.5) is 21.0 Å². The predicted octanol–water partition coefficient (Wildman–Crippen LogP) is 5.58. The molecule has 0 saturated heterocycles. The molecule has 0 atom stereocenters. The van der Waals surface area contributed by atoms with E-state index in [0.29, 0.717) is 39.4 Å². The van der Waals surface area contributed by atoms with Crippen molar-refractivity contribution in [3.05, 3.63) is 71.8 Å². The Hall–Kier alpha value is -3.91. The Labute approximate surface area is 183 Å². The fraction of sp³-hybridized carbons (Fsp3) is 0.0909. The number of halogens is 1. The lowest BCUT2D eigenvalue weighted by molar-refractivity contribution is 0.214. The molecule has 0 aromatic heterocycles. The van der Waals surface area contributed by atoms with Crippen LogP contribution in [0.3, 0.4) is 0 Å². The number of anilines is 2. The Bertz CT molecular complexity index is 973. The van der Waals surface area contributed by atoms with E-state index in [2.05, 4.69) is 10.6 Å². The number of hydrogen-bond donors (Lipinski definition) is 2. The van der Waals surface area contributed by atoms with Crippen LogP contribution in [0.15, 0.2) is 66.7 Å². The summed E-state index contributed by atoms with van der Waals surface area (Å²) in [6.45, 7) is 0. The standard InChI is InChI=1S/C22H19ClN2O6/c1-28-17-3-7-19(8-4-17)30-21(26)24-15-11-14(23)12-16(13-15)25-22(27)31-20-9-5-18(29-2)6-10-20/h3-13H,1-2H3,(H,24,26)(H,25,27). The number of carbonyl (C=O) groups excluding carboxylic acids is 2. The first-order valence-electron chi connectivity index (χ1n) is 9.01. The first kappa shape index (κ1) is 21.8. The lowest BCUT2D eigenvalue weighted by Gasteiger charge is -2.11. The maximum atomic E-state index is 12.1. The second-order valence-corrected chi connectivity index (χ2v) is 6.55. The summed E-state index contributed by atoms with van der Waals surface area (Å²) in [6, 6.07) is 17.6. The Balaban J connectivity index is 1.60. The maximum absolute atomic E-state index is 12.1. The zero-order chi connectivity index (χ0) is 22.2. The molecule has 0 aliphatic carbocycles. The van der Waals surface area contributed by atoms with Crippen LogP contribution in [0.1, 0.15) is 0 Å². The molecule has 9 heteroatoms. The van der Waals surface area contributed by atoms with Gasteiger partial charge in [-0.15, -0.1) is 0 Å². The Morgan fingerprint density at radius 3 is 1.35 bits per heavy atom. The second-order valence-electron chi connectivity index (χ2n) is 6.11. The van der Waals surface area contributed by atoms with Gasteiger partial charge in [0.05, 0.1) is 14.2 Å². The van der Waals surface area contributed by atoms with Crippen LogP contribution in [0.5, 0.6) is 23.0 Å². The molecule has 0 aliphatic rings. The van der Waals surface area contributed by atoms with Crippen LogP contribution in [0, 0.1) is 0 Å². The van der Waals surface area contributed by atoms with Crippen molar-refractivity contribution in [2.45, 2.75) is 0 Å². The summed E-state index contributed by atoms with van der Waals surface area (Å²) in [4.78, 5) is 24.3. The van der Waals surface area contributed by atoms with Gasteiger partial charge in [0, 0.05) is 16.4 Å². The number of amides is 2. The minimum atomic E-state index is -0.723. The van der Waals surface area contributed by atoms with Crippen molar-refractivity contribution >= 4 is 35.2 Å². The van der Waals surface area contributed by atoms with Crippen molar-refractivity contribution in [1.82, 2.24) is 0 Å². The second kappa shape index (κ2) is 10.2. The molecule has 8 nitrogen and oxygen atoms in total. The van der Waals surface area contributed by atoms with E-state index in [0.717, 1.165) is 0 Å². The van der Waals surface area contributed by atoms with Crippen LogP contribution in [0.2, 0.25) is 5.02 Å². The first-order valence-corrected chi connectivity index (χ1v) is 9.39. The van der Waals surface area contributed by atoms with Gasteiger partial charge in [-0.05, 0) is 66.7 Å². The maximum Gasteiger partial charge on any atom is 0.417 e. The summed E-state index contributed by atoms with van der Waals surface area (Å²) in [5.74, 6) is 1.95. The molecule has 0 heterocycles. The van der Waals surface area contributed by atoms with Crippen molar-refractivity contribution in [2.75, 3.05) is 24.9 Å². The van der Waals surface area contributed by atoms with Crippen LogP contribution in [-0.4, -0.2) is 26.4 Å². The lowest BCUT2D eigenvalue weighted by atomic mass is 10.3. The highest BCUT2D eigenvalue weighted by Gasteiger charge is 2.10. The van der Waals surface area contributed by atoms with Gasteiger partial charge in [0.15, 0.2) is 0 Å². The van der Waals surface area contributed by atoms with Crippen LogP contribution < -0.4 is 29.6 Å². The Kier molecular flexibility index (Phi) is 7.18. The van der Waals surface area contributed by atoms with Gasteiger partial charge in [-0.1, -0.05) is 11.6 Å². The molecule has 0 spiro atoms. The summed E-state index contributed by atoms with van der Waals surface area (Å²) in [6.07, 6.45) is -1.45. The summed E-state index contributed by atoms with van der Waals surface area (Å²) >= 11 is 6.09. The quantitative estimate of drug-likeness (QED) is 0.517. The predicted molar refractivity (Wildman–Crippen MR) is 117 cm³/mol. The number of nitrogens with one attached hydrogen (secondary N) is 2. The minimum Gasteiger partial charge on any atom is -0.497 e. The molecule has 3 aromatic carbocycles. The molecule has 3 aromatic rings. The molecular formula is C22H19ClN2O6. The third kappa shape index (κ3) is 6.55. The largest absolute Gasteiger partial charge is 0.497 e. The molecule has 3 rings (SSSR count). The molecule has 0 bridgehead atoms. The third-order valence-electron chi connectivity index (χ3n) is 3.93. The normalized spacial score (nSPS) is 10.0.